The van der Waals surface area contributed by atoms with Crippen LogP contribution in [0.5, 0.6) is 0 Å². The highest BCUT2D eigenvalue weighted by Crippen LogP contribution is 2.33. The highest BCUT2D eigenvalue weighted by atomic mass is 35.5. The second-order valence-electron chi connectivity index (χ2n) is 6.22. The molecular formula is C18H27ClN2O. The van der Waals surface area contributed by atoms with Crippen molar-refractivity contribution in [3.63, 3.8) is 0 Å². The fraction of sp³-hybridized carbons (Fsp3) is 0.611. The first kappa shape index (κ1) is 17.3. The maximum Gasteiger partial charge on any atom is 0.230 e. The minimum absolute atomic E-state index is 0.144. The molecule has 1 aromatic rings. The van der Waals surface area contributed by atoms with Crippen LogP contribution in [0.1, 0.15) is 45.1 Å². The number of amides is 1. The predicted molar refractivity (Wildman–Crippen MR) is 92.3 cm³/mol. The number of rotatable bonds is 6. The van der Waals surface area contributed by atoms with E-state index in [1.165, 1.54) is 12.8 Å². The maximum atomic E-state index is 12.9. The minimum Gasteiger partial charge on any atom is -0.355 e. The molecule has 4 heteroatoms. The summed E-state index contributed by atoms with van der Waals surface area (Å²) in [6, 6.07) is 7.71. The van der Waals surface area contributed by atoms with E-state index in [2.05, 4.69) is 24.5 Å². The van der Waals surface area contributed by atoms with Gasteiger partial charge in [-0.05, 0) is 62.4 Å². The molecule has 0 radical (unpaired) electrons. The molecule has 22 heavy (non-hydrogen) atoms. The van der Waals surface area contributed by atoms with Crippen molar-refractivity contribution in [2.75, 3.05) is 19.6 Å². The monoisotopic (exact) mass is 322 g/mol. The summed E-state index contributed by atoms with van der Waals surface area (Å²) in [7, 11) is 0. The molecule has 1 saturated heterocycles. The molecule has 0 aromatic heterocycles. The molecule has 0 saturated carbocycles. The van der Waals surface area contributed by atoms with Crippen LogP contribution in [0.25, 0.3) is 0 Å². The van der Waals surface area contributed by atoms with Crippen molar-refractivity contribution in [3.05, 3.63) is 34.9 Å². The van der Waals surface area contributed by atoms with Gasteiger partial charge in [-0.1, -0.05) is 37.6 Å². The fourth-order valence-corrected chi connectivity index (χ4v) is 3.51. The van der Waals surface area contributed by atoms with Gasteiger partial charge < -0.3 is 10.6 Å². The lowest BCUT2D eigenvalue weighted by Gasteiger charge is -2.32. The van der Waals surface area contributed by atoms with E-state index in [9.17, 15) is 4.79 Å². The third-order valence-corrected chi connectivity index (χ3v) is 5.24. The average molecular weight is 323 g/mol. The van der Waals surface area contributed by atoms with Crippen molar-refractivity contribution in [2.45, 2.75) is 44.9 Å². The zero-order valence-electron chi connectivity index (χ0n) is 13.6. The molecule has 3 nitrogen and oxygen atoms in total. The standard InChI is InChI=1S/C18H27ClN2O/c1-3-18(4-2,15-7-9-16(19)10-8-15)17(22)21-13-14-6-5-11-20-12-14/h7-10,14,20H,3-6,11-13H2,1-2H3,(H,21,22). The van der Waals surface area contributed by atoms with Crippen molar-refractivity contribution >= 4 is 17.5 Å². The normalized spacial score (nSPS) is 19.0. The SMILES string of the molecule is CCC(CC)(C(=O)NCC1CCCNC1)c1ccc(Cl)cc1. The molecule has 1 atom stereocenters. The van der Waals surface area contributed by atoms with Crippen LogP contribution in [0, 0.1) is 5.92 Å². The Morgan fingerprint density at radius 3 is 2.55 bits per heavy atom. The van der Waals surface area contributed by atoms with E-state index in [1.807, 2.05) is 24.3 Å². The molecule has 2 N–H and O–H groups in total. The van der Waals surface area contributed by atoms with Crippen molar-refractivity contribution in [1.29, 1.82) is 0 Å². The molecule has 0 bridgehead atoms. The third-order valence-electron chi connectivity index (χ3n) is 4.99. The minimum atomic E-state index is -0.452. The second kappa shape index (κ2) is 7.98. The molecule has 0 aliphatic carbocycles. The van der Waals surface area contributed by atoms with E-state index in [4.69, 9.17) is 11.6 Å². The third kappa shape index (κ3) is 3.82. The van der Waals surface area contributed by atoms with Crippen LogP contribution in [-0.2, 0) is 10.2 Å². The van der Waals surface area contributed by atoms with Crippen molar-refractivity contribution in [2.24, 2.45) is 5.92 Å². The summed E-state index contributed by atoms with van der Waals surface area (Å²) in [5.74, 6) is 0.694. The van der Waals surface area contributed by atoms with Gasteiger partial charge in [0.05, 0.1) is 5.41 Å². The lowest BCUT2D eigenvalue weighted by atomic mass is 9.75. The number of benzene rings is 1. The number of piperidine rings is 1. The molecule has 1 heterocycles. The molecule has 2 rings (SSSR count). The number of hydrogen-bond donors (Lipinski definition) is 2. The summed E-state index contributed by atoms with van der Waals surface area (Å²) in [5, 5.41) is 7.30. The molecule has 1 unspecified atom stereocenters. The maximum absolute atomic E-state index is 12.9. The summed E-state index contributed by atoms with van der Waals surface area (Å²) in [6.45, 7) is 7.04. The van der Waals surface area contributed by atoms with Gasteiger partial charge in [-0.25, -0.2) is 0 Å². The summed E-state index contributed by atoms with van der Waals surface area (Å²) in [5.41, 5.74) is 0.605. The summed E-state index contributed by atoms with van der Waals surface area (Å²) in [4.78, 5) is 12.9. The van der Waals surface area contributed by atoms with Gasteiger partial charge in [0, 0.05) is 11.6 Å². The van der Waals surface area contributed by atoms with Gasteiger partial charge >= 0.3 is 0 Å². The summed E-state index contributed by atoms with van der Waals surface area (Å²) < 4.78 is 0. The molecule has 1 aliphatic rings. The molecule has 1 aliphatic heterocycles. The largest absolute Gasteiger partial charge is 0.355 e. The Labute approximate surface area is 138 Å². The Morgan fingerprint density at radius 2 is 2.00 bits per heavy atom. The van der Waals surface area contributed by atoms with Gasteiger partial charge in [0.1, 0.15) is 0 Å². The smallest absolute Gasteiger partial charge is 0.230 e. The van der Waals surface area contributed by atoms with E-state index in [-0.39, 0.29) is 5.91 Å². The second-order valence-corrected chi connectivity index (χ2v) is 6.65. The number of nitrogens with one attached hydrogen (secondary N) is 2. The van der Waals surface area contributed by atoms with Crippen LogP contribution < -0.4 is 10.6 Å². The molecule has 1 amide bonds. The average Bonchev–Trinajstić information content (AvgIpc) is 2.57. The van der Waals surface area contributed by atoms with Gasteiger partial charge in [-0.15, -0.1) is 0 Å². The Bertz CT molecular complexity index is 476. The molecule has 122 valence electrons. The van der Waals surface area contributed by atoms with Crippen LogP contribution in [0.3, 0.4) is 0 Å². The first-order chi connectivity index (χ1) is 10.6. The quantitative estimate of drug-likeness (QED) is 0.841. The molecule has 1 fully saturated rings. The molecule has 0 spiro atoms. The topological polar surface area (TPSA) is 41.1 Å². The zero-order chi connectivity index (χ0) is 16.0. The van der Waals surface area contributed by atoms with Crippen LogP contribution in [-0.4, -0.2) is 25.5 Å². The van der Waals surface area contributed by atoms with Crippen LogP contribution >= 0.6 is 11.6 Å². The van der Waals surface area contributed by atoms with E-state index in [0.29, 0.717) is 10.9 Å². The van der Waals surface area contributed by atoms with Gasteiger partial charge in [-0.3, -0.25) is 4.79 Å². The number of carbonyl (C=O) groups excluding carboxylic acids is 1. The molecular weight excluding hydrogens is 296 g/mol. The first-order valence-electron chi connectivity index (χ1n) is 8.37. The van der Waals surface area contributed by atoms with Crippen LogP contribution in [0.15, 0.2) is 24.3 Å². The van der Waals surface area contributed by atoms with Gasteiger partial charge in [0.2, 0.25) is 5.91 Å². The van der Waals surface area contributed by atoms with Gasteiger partial charge in [-0.2, -0.15) is 0 Å². The highest BCUT2D eigenvalue weighted by molar-refractivity contribution is 6.30. The Balaban J connectivity index is 2.08. The van der Waals surface area contributed by atoms with E-state index >= 15 is 0 Å². The Hall–Kier alpha value is -1.06. The lowest BCUT2D eigenvalue weighted by Crippen LogP contribution is -2.47. The number of halogens is 1. The summed E-state index contributed by atoms with van der Waals surface area (Å²) in [6.07, 6.45) is 3.98. The van der Waals surface area contributed by atoms with Crippen molar-refractivity contribution in [3.8, 4) is 0 Å². The zero-order valence-corrected chi connectivity index (χ0v) is 14.4. The molecule has 1 aromatic carbocycles. The van der Waals surface area contributed by atoms with Crippen LogP contribution in [0.4, 0.5) is 0 Å². The predicted octanol–water partition coefficient (Wildman–Crippen LogP) is 3.51. The number of hydrogen-bond acceptors (Lipinski definition) is 2. The first-order valence-corrected chi connectivity index (χ1v) is 8.75. The van der Waals surface area contributed by atoms with E-state index in [1.54, 1.807) is 0 Å². The number of carbonyl (C=O) groups is 1. The Morgan fingerprint density at radius 1 is 1.32 bits per heavy atom. The highest BCUT2D eigenvalue weighted by Gasteiger charge is 2.36. The van der Waals surface area contributed by atoms with Crippen molar-refractivity contribution in [1.82, 2.24) is 10.6 Å². The fourth-order valence-electron chi connectivity index (χ4n) is 3.38. The van der Waals surface area contributed by atoms with Gasteiger partial charge in [0.25, 0.3) is 0 Å². The Kier molecular flexibility index (Phi) is 6.27. The van der Waals surface area contributed by atoms with Crippen LogP contribution in [0.2, 0.25) is 5.02 Å². The summed E-state index contributed by atoms with van der Waals surface area (Å²) >= 11 is 5.98. The lowest BCUT2D eigenvalue weighted by molar-refractivity contribution is -0.127. The van der Waals surface area contributed by atoms with Crippen molar-refractivity contribution < 1.29 is 4.79 Å². The van der Waals surface area contributed by atoms with E-state index in [0.717, 1.165) is 38.0 Å². The van der Waals surface area contributed by atoms with Gasteiger partial charge in [0.15, 0.2) is 0 Å². The van der Waals surface area contributed by atoms with E-state index < -0.39 is 5.41 Å².